The fourth-order valence-electron chi connectivity index (χ4n) is 2.60. The minimum absolute atomic E-state index is 0.101. The van der Waals surface area contributed by atoms with E-state index in [-0.39, 0.29) is 30.1 Å². The highest BCUT2D eigenvalue weighted by molar-refractivity contribution is 5.81. The molecule has 1 aliphatic heterocycles. The molecule has 1 aliphatic rings. The van der Waals surface area contributed by atoms with Crippen LogP contribution in [0.4, 0.5) is 0 Å². The summed E-state index contributed by atoms with van der Waals surface area (Å²) in [6.45, 7) is 7.51. The van der Waals surface area contributed by atoms with Gasteiger partial charge in [-0.15, -0.1) is 0 Å². The number of likely N-dealkylation sites (tertiary alicyclic amines) is 1. The van der Waals surface area contributed by atoms with Crippen LogP contribution < -0.4 is 11.1 Å². The number of hydrogen-bond donors (Lipinski definition) is 2. The Morgan fingerprint density at radius 1 is 1.53 bits per heavy atom. The van der Waals surface area contributed by atoms with Crippen molar-refractivity contribution in [2.75, 3.05) is 20.2 Å². The molecule has 1 rings (SSSR count). The van der Waals surface area contributed by atoms with Crippen LogP contribution in [0.25, 0.3) is 0 Å². The van der Waals surface area contributed by atoms with Crippen LogP contribution in [0.15, 0.2) is 0 Å². The van der Waals surface area contributed by atoms with Gasteiger partial charge in [-0.1, -0.05) is 6.92 Å². The van der Waals surface area contributed by atoms with Gasteiger partial charge in [0.15, 0.2) is 0 Å². The number of nitrogens with one attached hydrogen (secondary N) is 1. The smallest absolute Gasteiger partial charge is 0.237 e. The molecule has 0 saturated carbocycles. The van der Waals surface area contributed by atoms with E-state index in [1.54, 1.807) is 7.11 Å². The summed E-state index contributed by atoms with van der Waals surface area (Å²) in [4.78, 5) is 14.4. The summed E-state index contributed by atoms with van der Waals surface area (Å²) < 4.78 is 5.41. The fraction of sp³-hybridized carbons (Fsp3) is 0.929. The van der Waals surface area contributed by atoms with E-state index in [4.69, 9.17) is 10.5 Å². The standard InChI is InChI=1S/C14H29N3O2/c1-5-10(2)16-14(18)11(3)17-7-6-13(19-4)8-12(17)9-15/h10-13H,5-9,15H2,1-4H3,(H,16,18). The van der Waals surface area contributed by atoms with Crippen molar-refractivity contribution in [2.45, 2.75) is 64.3 Å². The lowest BCUT2D eigenvalue weighted by Crippen LogP contribution is -2.57. The quantitative estimate of drug-likeness (QED) is 0.747. The lowest BCUT2D eigenvalue weighted by atomic mass is 9.97. The molecule has 0 aromatic carbocycles. The summed E-state index contributed by atoms with van der Waals surface area (Å²) in [6, 6.07) is 0.333. The monoisotopic (exact) mass is 271 g/mol. The van der Waals surface area contributed by atoms with Crippen LogP contribution in [0.2, 0.25) is 0 Å². The Balaban J connectivity index is 2.59. The van der Waals surface area contributed by atoms with Crippen LogP contribution in [-0.2, 0) is 9.53 Å². The zero-order chi connectivity index (χ0) is 14.4. The van der Waals surface area contributed by atoms with Crippen molar-refractivity contribution in [1.29, 1.82) is 0 Å². The van der Waals surface area contributed by atoms with Gasteiger partial charge in [0, 0.05) is 32.3 Å². The van der Waals surface area contributed by atoms with Crippen molar-refractivity contribution >= 4 is 5.91 Å². The third-order valence-electron chi connectivity index (χ3n) is 4.20. The van der Waals surface area contributed by atoms with Gasteiger partial charge in [-0.2, -0.15) is 0 Å². The first-order valence-electron chi connectivity index (χ1n) is 7.32. The number of nitrogens with zero attached hydrogens (tertiary/aromatic N) is 1. The third-order valence-corrected chi connectivity index (χ3v) is 4.20. The lowest BCUT2D eigenvalue weighted by molar-refractivity contribution is -0.129. The number of carbonyl (C=O) groups excluding carboxylic acids is 1. The molecular weight excluding hydrogens is 242 g/mol. The van der Waals surface area contributed by atoms with E-state index in [9.17, 15) is 4.79 Å². The molecule has 0 aliphatic carbocycles. The van der Waals surface area contributed by atoms with Crippen LogP contribution in [0.3, 0.4) is 0 Å². The van der Waals surface area contributed by atoms with Crippen LogP contribution >= 0.6 is 0 Å². The van der Waals surface area contributed by atoms with Crippen molar-refractivity contribution in [3.05, 3.63) is 0 Å². The molecule has 4 atom stereocenters. The first kappa shape index (κ1) is 16.4. The second-order valence-electron chi connectivity index (χ2n) is 5.50. The number of amides is 1. The van der Waals surface area contributed by atoms with E-state index in [1.165, 1.54) is 0 Å². The average Bonchev–Trinajstić information content (AvgIpc) is 2.45. The Kier molecular flexibility index (Phi) is 6.75. The van der Waals surface area contributed by atoms with Gasteiger partial charge >= 0.3 is 0 Å². The largest absolute Gasteiger partial charge is 0.381 e. The number of hydrogen-bond acceptors (Lipinski definition) is 4. The molecule has 3 N–H and O–H groups in total. The van der Waals surface area contributed by atoms with Gasteiger partial charge in [0.1, 0.15) is 0 Å². The van der Waals surface area contributed by atoms with Crippen LogP contribution in [0.5, 0.6) is 0 Å². The maximum Gasteiger partial charge on any atom is 0.237 e. The number of rotatable bonds is 6. The Labute approximate surface area is 116 Å². The maximum atomic E-state index is 12.2. The van der Waals surface area contributed by atoms with Crippen LogP contribution in [-0.4, -0.2) is 55.2 Å². The lowest BCUT2D eigenvalue weighted by Gasteiger charge is -2.41. The summed E-state index contributed by atoms with van der Waals surface area (Å²) >= 11 is 0. The van der Waals surface area contributed by atoms with Crippen molar-refractivity contribution in [3.8, 4) is 0 Å². The van der Waals surface area contributed by atoms with E-state index < -0.39 is 0 Å². The normalized spacial score (nSPS) is 27.8. The van der Waals surface area contributed by atoms with Gasteiger partial charge in [-0.25, -0.2) is 0 Å². The maximum absolute atomic E-state index is 12.2. The molecule has 1 saturated heterocycles. The minimum atomic E-state index is -0.125. The van der Waals surface area contributed by atoms with E-state index in [0.29, 0.717) is 6.54 Å². The first-order valence-corrected chi connectivity index (χ1v) is 7.32. The van der Waals surface area contributed by atoms with Gasteiger partial charge < -0.3 is 15.8 Å². The predicted molar refractivity (Wildman–Crippen MR) is 76.9 cm³/mol. The molecule has 4 unspecified atom stereocenters. The number of carbonyl (C=O) groups is 1. The summed E-state index contributed by atoms with van der Waals surface area (Å²) in [7, 11) is 1.74. The third kappa shape index (κ3) is 4.44. The summed E-state index contributed by atoms with van der Waals surface area (Å²) in [6.07, 6.45) is 3.10. The summed E-state index contributed by atoms with van der Waals surface area (Å²) in [5.41, 5.74) is 5.85. The van der Waals surface area contributed by atoms with Crippen molar-refractivity contribution in [2.24, 2.45) is 5.73 Å². The Morgan fingerprint density at radius 2 is 2.21 bits per heavy atom. The number of ether oxygens (including phenoxy) is 1. The van der Waals surface area contributed by atoms with Gasteiger partial charge in [0.2, 0.25) is 5.91 Å². The Bertz CT molecular complexity index is 286. The number of methoxy groups -OCH3 is 1. The van der Waals surface area contributed by atoms with E-state index >= 15 is 0 Å². The summed E-state index contributed by atoms with van der Waals surface area (Å²) in [5.74, 6) is 0.101. The molecule has 0 aromatic heterocycles. The molecule has 1 fully saturated rings. The van der Waals surface area contributed by atoms with Gasteiger partial charge in [0.25, 0.3) is 0 Å². The molecule has 5 nitrogen and oxygen atoms in total. The molecule has 19 heavy (non-hydrogen) atoms. The first-order chi connectivity index (χ1) is 9.03. The second-order valence-corrected chi connectivity index (χ2v) is 5.50. The minimum Gasteiger partial charge on any atom is -0.381 e. The molecule has 1 amide bonds. The Hall–Kier alpha value is -0.650. The van der Waals surface area contributed by atoms with E-state index in [0.717, 1.165) is 25.8 Å². The molecule has 1 heterocycles. The molecular formula is C14H29N3O2. The molecule has 0 spiro atoms. The number of nitrogens with two attached hydrogens (primary N) is 1. The van der Waals surface area contributed by atoms with Crippen molar-refractivity contribution in [1.82, 2.24) is 10.2 Å². The number of piperidine rings is 1. The summed E-state index contributed by atoms with van der Waals surface area (Å²) in [5, 5.41) is 3.04. The molecule has 5 heteroatoms. The zero-order valence-electron chi connectivity index (χ0n) is 12.7. The van der Waals surface area contributed by atoms with Crippen LogP contribution in [0, 0.1) is 0 Å². The fourth-order valence-corrected chi connectivity index (χ4v) is 2.60. The van der Waals surface area contributed by atoms with E-state index in [1.807, 2.05) is 13.8 Å². The zero-order valence-corrected chi connectivity index (χ0v) is 12.7. The highest BCUT2D eigenvalue weighted by Gasteiger charge is 2.33. The highest BCUT2D eigenvalue weighted by atomic mass is 16.5. The predicted octanol–water partition coefficient (Wildman–Crippen LogP) is 0.728. The SMILES string of the molecule is CCC(C)NC(=O)C(C)N1CCC(OC)CC1CN. The Morgan fingerprint density at radius 3 is 2.74 bits per heavy atom. The highest BCUT2D eigenvalue weighted by Crippen LogP contribution is 2.21. The van der Waals surface area contributed by atoms with Gasteiger partial charge in [-0.05, 0) is 33.1 Å². The van der Waals surface area contributed by atoms with Crippen molar-refractivity contribution < 1.29 is 9.53 Å². The van der Waals surface area contributed by atoms with Gasteiger partial charge in [0.05, 0.1) is 12.1 Å². The topological polar surface area (TPSA) is 67.6 Å². The van der Waals surface area contributed by atoms with Crippen LogP contribution in [0.1, 0.15) is 40.0 Å². The van der Waals surface area contributed by atoms with Gasteiger partial charge in [-0.3, -0.25) is 9.69 Å². The molecule has 0 bridgehead atoms. The van der Waals surface area contributed by atoms with E-state index in [2.05, 4.69) is 17.1 Å². The molecule has 0 aromatic rings. The average molecular weight is 271 g/mol. The van der Waals surface area contributed by atoms with Crippen molar-refractivity contribution in [3.63, 3.8) is 0 Å². The molecule has 112 valence electrons. The second kappa shape index (κ2) is 7.82. The molecule has 0 radical (unpaired) electrons.